The maximum atomic E-state index is 5.60. The van der Waals surface area contributed by atoms with Gasteiger partial charge in [0.15, 0.2) is 0 Å². The van der Waals surface area contributed by atoms with E-state index >= 15 is 0 Å². The molecule has 1 nitrogen and oxygen atoms in total. The van der Waals surface area contributed by atoms with Crippen LogP contribution in [0.2, 0.25) is 0 Å². The molecule has 0 aliphatic rings. The lowest BCUT2D eigenvalue weighted by Gasteiger charge is -2.03. The maximum Gasteiger partial charge on any atom is 0.0223 e. The van der Waals surface area contributed by atoms with Gasteiger partial charge in [-0.05, 0) is 32.4 Å². The van der Waals surface area contributed by atoms with Crippen LogP contribution in [0.4, 0.5) is 0 Å². The predicted molar refractivity (Wildman–Crippen MR) is 70.8 cm³/mol. The summed E-state index contributed by atoms with van der Waals surface area (Å²) in [6.45, 7) is 4.60. The van der Waals surface area contributed by atoms with Crippen LogP contribution in [0.3, 0.4) is 0 Å². The minimum absolute atomic E-state index is 0.805. The Balaban J connectivity index is 2.81. The van der Waals surface area contributed by atoms with Crippen LogP contribution in [0.15, 0.2) is 0 Å². The molecule has 2 heteroatoms. The molecule has 0 bridgehead atoms. The highest BCUT2D eigenvalue weighted by atomic mass is 35.5. The summed E-state index contributed by atoms with van der Waals surface area (Å²) in [5.74, 6) is 0.805. The van der Waals surface area contributed by atoms with Crippen molar-refractivity contribution in [1.82, 2.24) is 5.32 Å². The van der Waals surface area contributed by atoms with Crippen LogP contribution in [-0.2, 0) is 0 Å². The Bertz CT molecular complexity index is 94.7. The molecule has 0 heterocycles. The van der Waals surface area contributed by atoms with Crippen LogP contribution in [0.5, 0.6) is 0 Å². The molecule has 0 aromatic carbocycles. The van der Waals surface area contributed by atoms with Crippen LogP contribution >= 0.6 is 11.6 Å². The van der Waals surface area contributed by atoms with E-state index in [1.807, 2.05) is 0 Å². The minimum Gasteiger partial charge on any atom is -0.317 e. The van der Waals surface area contributed by atoms with E-state index in [9.17, 15) is 0 Å². The molecule has 0 aliphatic heterocycles. The largest absolute Gasteiger partial charge is 0.317 e. The average molecular weight is 234 g/mol. The zero-order chi connectivity index (χ0) is 11.2. The Labute approximate surface area is 101 Å². The van der Waals surface area contributed by atoms with E-state index in [1.165, 1.54) is 57.9 Å². The van der Waals surface area contributed by atoms with Gasteiger partial charge in [-0.3, -0.25) is 0 Å². The molecule has 92 valence electrons. The van der Waals surface area contributed by atoms with Gasteiger partial charge < -0.3 is 5.32 Å². The number of halogens is 1. The lowest BCUT2D eigenvalue weighted by atomic mass is 10.1. The van der Waals surface area contributed by atoms with Crippen molar-refractivity contribution in [2.24, 2.45) is 0 Å². The third-order valence-corrected chi connectivity index (χ3v) is 2.96. The number of alkyl halides is 1. The lowest BCUT2D eigenvalue weighted by molar-refractivity contribution is 0.556. The van der Waals surface area contributed by atoms with Crippen molar-refractivity contribution in [3.05, 3.63) is 0 Å². The number of nitrogens with one attached hydrogen (secondary N) is 1. The molecule has 0 unspecified atom stereocenters. The highest BCUT2D eigenvalue weighted by Gasteiger charge is 1.91. The Morgan fingerprint density at radius 3 is 1.87 bits per heavy atom. The van der Waals surface area contributed by atoms with Crippen molar-refractivity contribution in [2.45, 2.75) is 64.7 Å². The molecule has 0 amide bonds. The van der Waals surface area contributed by atoms with Gasteiger partial charge in [0.05, 0.1) is 0 Å². The van der Waals surface area contributed by atoms with Crippen LogP contribution in [0, 0.1) is 0 Å². The number of hydrogen-bond donors (Lipinski definition) is 1. The van der Waals surface area contributed by atoms with Gasteiger partial charge >= 0.3 is 0 Å². The summed E-state index contributed by atoms with van der Waals surface area (Å²) in [6.07, 6.45) is 12.1. The fourth-order valence-electron chi connectivity index (χ4n) is 1.68. The Hall–Kier alpha value is 0.250. The van der Waals surface area contributed by atoms with Gasteiger partial charge in [0.2, 0.25) is 0 Å². The van der Waals surface area contributed by atoms with Crippen LogP contribution < -0.4 is 5.32 Å². The molecular weight excluding hydrogens is 206 g/mol. The van der Waals surface area contributed by atoms with E-state index in [1.54, 1.807) is 0 Å². The van der Waals surface area contributed by atoms with E-state index < -0.39 is 0 Å². The number of hydrogen-bond acceptors (Lipinski definition) is 1. The Morgan fingerprint density at radius 1 is 0.733 bits per heavy atom. The first-order chi connectivity index (χ1) is 7.41. The summed E-state index contributed by atoms with van der Waals surface area (Å²) >= 11 is 5.60. The van der Waals surface area contributed by atoms with E-state index in [0.29, 0.717) is 0 Å². The van der Waals surface area contributed by atoms with Crippen molar-refractivity contribution in [3.63, 3.8) is 0 Å². The van der Waals surface area contributed by atoms with Crippen molar-refractivity contribution in [1.29, 1.82) is 0 Å². The fraction of sp³-hybridized carbons (Fsp3) is 1.00. The van der Waals surface area contributed by atoms with E-state index in [-0.39, 0.29) is 0 Å². The molecule has 0 aromatic heterocycles. The van der Waals surface area contributed by atoms with Crippen molar-refractivity contribution in [3.8, 4) is 0 Å². The molecule has 0 saturated carbocycles. The summed E-state index contributed by atoms with van der Waals surface area (Å²) in [4.78, 5) is 0. The molecule has 0 aromatic rings. The van der Waals surface area contributed by atoms with Gasteiger partial charge in [0.25, 0.3) is 0 Å². The first-order valence-corrected chi connectivity index (χ1v) is 7.22. The molecule has 0 spiro atoms. The second-order valence-electron chi connectivity index (χ2n) is 4.27. The fourth-order valence-corrected chi connectivity index (χ4v) is 1.87. The third-order valence-electron chi connectivity index (χ3n) is 2.69. The predicted octanol–water partition coefficient (Wildman–Crippen LogP) is 4.35. The molecule has 0 atom stereocenters. The standard InChI is InChI=1S/C13H28ClN/c1-2-3-4-5-6-7-9-12-15-13-10-8-11-14/h15H,2-13H2,1H3. The summed E-state index contributed by atoms with van der Waals surface area (Å²) in [5.41, 5.74) is 0. The van der Waals surface area contributed by atoms with Gasteiger partial charge in [0.1, 0.15) is 0 Å². The number of rotatable bonds is 12. The zero-order valence-electron chi connectivity index (χ0n) is 10.4. The first kappa shape index (κ1) is 15.2. The van der Waals surface area contributed by atoms with Crippen molar-refractivity contribution < 1.29 is 0 Å². The second-order valence-corrected chi connectivity index (χ2v) is 4.65. The van der Waals surface area contributed by atoms with Crippen molar-refractivity contribution >= 4 is 11.6 Å². The topological polar surface area (TPSA) is 12.0 Å². The molecule has 1 N–H and O–H groups in total. The lowest BCUT2D eigenvalue weighted by Crippen LogP contribution is -2.16. The summed E-state index contributed by atoms with van der Waals surface area (Å²) < 4.78 is 0. The zero-order valence-corrected chi connectivity index (χ0v) is 11.1. The number of unbranched alkanes of at least 4 members (excludes halogenated alkanes) is 7. The quantitative estimate of drug-likeness (QED) is 0.391. The SMILES string of the molecule is CCCCCCCCCNCCCCCl. The maximum absolute atomic E-state index is 5.60. The molecule has 0 radical (unpaired) electrons. The summed E-state index contributed by atoms with van der Waals surface area (Å²) in [7, 11) is 0. The van der Waals surface area contributed by atoms with Crippen LogP contribution in [-0.4, -0.2) is 19.0 Å². The van der Waals surface area contributed by atoms with Crippen molar-refractivity contribution in [2.75, 3.05) is 19.0 Å². The Morgan fingerprint density at radius 2 is 1.27 bits per heavy atom. The molecule has 15 heavy (non-hydrogen) atoms. The first-order valence-electron chi connectivity index (χ1n) is 6.68. The van der Waals surface area contributed by atoms with Crippen LogP contribution in [0.1, 0.15) is 64.7 Å². The third kappa shape index (κ3) is 14.2. The highest BCUT2D eigenvalue weighted by molar-refractivity contribution is 6.17. The van der Waals surface area contributed by atoms with E-state index in [0.717, 1.165) is 18.8 Å². The summed E-state index contributed by atoms with van der Waals surface area (Å²) in [5, 5.41) is 3.46. The Kier molecular flexibility index (Phi) is 14.5. The van der Waals surface area contributed by atoms with Gasteiger partial charge in [-0.2, -0.15) is 0 Å². The van der Waals surface area contributed by atoms with Gasteiger partial charge in [-0.1, -0.05) is 45.4 Å². The van der Waals surface area contributed by atoms with Gasteiger partial charge in [-0.15, -0.1) is 11.6 Å². The van der Waals surface area contributed by atoms with Gasteiger partial charge in [-0.25, -0.2) is 0 Å². The highest BCUT2D eigenvalue weighted by Crippen LogP contribution is 2.06. The summed E-state index contributed by atoms with van der Waals surface area (Å²) in [6, 6.07) is 0. The second kappa shape index (κ2) is 14.2. The van der Waals surface area contributed by atoms with E-state index in [4.69, 9.17) is 11.6 Å². The smallest absolute Gasteiger partial charge is 0.0223 e. The molecule has 0 saturated heterocycles. The van der Waals surface area contributed by atoms with Gasteiger partial charge in [0, 0.05) is 5.88 Å². The van der Waals surface area contributed by atoms with Crippen LogP contribution in [0.25, 0.3) is 0 Å². The average Bonchev–Trinajstić information content (AvgIpc) is 2.26. The molecule has 0 fully saturated rings. The molecule has 0 rings (SSSR count). The molecule has 0 aliphatic carbocycles. The normalized spacial score (nSPS) is 10.8. The minimum atomic E-state index is 0.805. The monoisotopic (exact) mass is 233 g/mol. The molecular formula is C13H28ClN. The van der Waals surface area contributed by atoms with E-state index in [2.05, 4.69) is 12.2 Å².